The topological polar surface area (TPSA) is 74.2 Å². The van der Waals surface area contributed by atoms with Crippen molar-refractivity contribution in [1.29, 1.82) is 0 Å². The van der Waals surface area contributed by atoms with Gasteiger partial charge in [0.15, 0.2) is 0 Å². The third kappa shape index (κ3) is 2.82. The minimum atomic E-state index is -4.44. The van der Waals surface area contributed by atoms with E-state index < -0.39 is 29.1 Å². The van der Waals surface area contributed by atoms with E-state index in [4.69, 9.17) is 5.21 Å². The Hall–Kier alpha value is -2.61. The van der Waals surface area contributed by atoms with Crippen LogP contribution in [0.15, 0.2) is 36.5 Å². The molecule has 2 heterocycles. The van der Waals surface area contributed by atoms with Gasteiger partial charge in [0.05, 0.1) is 28.6 Å². The molecule has 1 aromatic heterocycles. The zero-order chi connectivity index (χ0) is 18.4. The Morgan fingerprint density at radius 1 is 1.28 bits per heavy atom. The fourth-order valence-electron chi connectivity index (χ4n) is 3.16. The van der Waals surface area contributed by atoms with E-state index in [0.29, 0.717) is 11.4 Å². The van der Waals surface area contributed by atoms with Crippen LogP contribution in [0.4, 0.5) is 18.9 Å². The molecule has 0 radical (unpaired) electrons. The number of nitrogens with one attached hydrogen (secondary N) is 2. The summed E-state index contributed by atoms with van der Waals surface area (Å²) in [7, 11) is 0. The number of carbonyl (C=O) groups is 1. The maximum Gasteiger partial charge on any atom is 0.417 e. The molecule has 5 nitrogen and oxygen atoms in total. The quantitative estimate of drug-likeness (QED) is 0.570. The number of hydroxylamine groups is 1. The number of hydrogen-bond acceptors (Lipinski definition) is 4. The number of rotatable bonds is 2. The second-order valence-electron chi connectivity index (χ2n) is 6.44. The van der Waals surface area contributed by atoms with Crippen molar-refractivity contribution in [2.45, 2.75) is 31.5 Å². The maximum absolute atomic E-state index is 12.7. The lowest BCUT2D eigenvalue weighted by Crippen LogP contribution is -2.26. The molecule has 0 spiro atoms. The van der Waals surface area contributed by atoms with Crippen LogP contribution in [-0.2, 0) is 11.6 Å². The third-order valence-electron chi connectivity index (χ3n) is 4.52. The predicted octanol–water partition coefficient (Wildman–Crippen LogP) is 3.66. The number of amides is 1. The summed E-state index contributed by atoms with van der Waals surface area (Å²) in [4.78, 5) is 15.8. The van der Waals surface area contributed by atoms with Crippen LogP contribution in [0.1, 0.15) is 47.1 Å². The Balaban J connectivity index is 2.01. The standard InChI is InChI=1S/C17H16F3N3O2/c1-16(2)11-5-3-4-10(15(24)23-25)13(11)22-14(16)12-7-6-9(8-21-12)17(18,19)20/h3-8,14,22,25H,1-2H3,(H,23,24)/t14-/m1/s1. The van der Waals surface area contributed by atoms with Crippen molar-refractivity contribution in [2.24, 2.45) is 0 Å². The molecule has 1 aromatic carbocycles. The molecular formula is C17H16F3N3O2. The number of para-hydroxylation sites is 1. The molecule has 1 aliphatic heterocycles. The Bertz CT molecular complexity index is 817. The van der Waals surface area contributed by atoms with Gasteiger partial charge in [-0.15, -0.1) is 0 Å². The van der Waals surface area contributed by atoms with Crippen LogP contribution in [0.2, 0.25) is 0 Å². The highest BCUT2D eigenvalue weighted by Crippen LogP contribution is 2.49. The number of anilines is 1. The van der Waals surface area contributed by atoms with Crippen molar-refractivity contribution in [3.8, 4) is 0 Å². The first kappa shape index (κ1) is 17.2. The molecule has 3 rings (SSSR count). The van der Waals surface area contributed by atoms with E-state index in [0.717, 1.165) is 17.8 Å². The summed E-state index contributed by atoms with van der Waals surface area (Å²) in [6, 6.07) is 6.98. The van der Waals surface area contributed by atoms with Crippen molar-refractivity contribution in [1.82, 2.24) is 10.5 Å². The molecule has 8 heteroatoms. The molecule has 1 amide bonds. The van der Waals surface area contributed by atoms with Crippen LogP contribution in [0, 0.1) is 0 Å². The van der Waals surface area contributed by atoms with Crippen molar-refractivity contribution < 1.29 is 23.2 Å². The largest absolute Gasteiger partial charge is 0.417 e. The molecule has 132 valence electrons. The van der Waals surface area contributed by atoms with E-state index in [1.807, 2.05) is 19.9 Å². The van der Waals surface area contributed by atoms with Gasteiger partial charge in [0.1, 0.15) is 0 Å². The number of aromatic nitrogens is 1. The van der Waals surface area contributed by atoms with Crippen molar-refractivity contribution >= 4 is 11.6 Å². The maximum atomic E-state index is 12.7. The molecule has 2 aromatic rings. The van der Waals surface area contributed by atoms with E-state index in [1.54, 1.807) is 17.6 Å². The van der Waals surface area contributed by atoms with Crippen LogP contribution in [0.5, 0.6) is 0 Å². The third-order valence-corrected chi connectivity index (χ3v) is 4.52. The number of alkyl halides is 3. The monoisotopic (exact) mass is 351 g/mol. The van der Waals surface area contributed by atoms with Crippen LogP contribution >= 0.6 is 0 Å². The number of carbonyl (C=O) groups excluding carboxylic acids is 1. The van der Waals surface area contributed by atoms with E-state index in [2.05, 4.69) is 10.3 Å². The number of pyridine rings is 1. The van der Waals surface area contributed by atoms with E-state index >= 15 is 0 Å². The van der Waals surface area contributed by atoms with Crippen LogP contribution < -0.4 is 10.8 Å². The smallest absolute Gasteiger partial charge is 0.375 e. The number of hydrogen-bond donors (Lipinski definition) is 3. The summed E-state index contributed by atoms with van der Waals surface area (Å²) < 4.78 is 38.2. The second-order valence-corrected chi connectivity index (χ2v) is 6.44. The molecule has 0 fully saturated rings. The number of benzene rings is 1. The summed E-state index contributed by atoms with van der Waals surface area (Å²) in [5.74, 6) is -0.666. The zero-order valence-corrected chi connectivity index (χ0v) is 13.5. The number of halogens is 3. The highest BCUT2D eigenvalue weighted by Gasteiger charge is 2.43. The highest BCUT2D eigenvalue weighted by atomic mass is 19.4. The van der Waals surface area contributed by atoms with Crippen LogP contribution in [-0.4, -0.2) is 16.1 Å². The average molecular weight is 351 g/mol. The number of fused-ring (bicyclic) bond motifs is 1. The predicted molar refractivity (Wildman–Crippen MR) is 84.3 cm³/mol. The molecule has 25 heavy (non-hydrogen) atoms. The minimum absolute atomic E-state index is 0.252. The Morgan fingerprint density at radius 2 is 2.00 bits per heavy atom. The first-order valence-corrected chi connectivity index (χ1v) is 7.54. The van der Waals surface area contributed by atoms with E-state index in [-0.39, 0.29) is 5.56 Å². The van der Waals surface area contributed by atoms with Gasteiger partial charge in [-0.3, -0.25) is 15.0 Å². The first-order valence-electron chi connectivity index (χ1n) is 7.54. The van der Waals surface area contributed by atoms with Gasteiger partial charge in [0.25, 0.3) is 5.91 Å². The molecule has 0 bridgehead atoms. The molecule has 1 atom stereocenters. The zero-order valence-electron chi connectivity index (χ0n) is 13.5. The lowest BCUT2D eigenvalue weighted by molar-refractivity contribution is -0.137. The van der Waals surface area contributed by atoms with Crippen molar-refractivity contribution in [3.05, 3.63) is 58.9 Å². The Kier molecular flexibility index (Phi) is 3.95. The highest BCUT2D eigenvalue weighted by molar-refractivity contribution is 6.00. The molecule has 1 aliphatic rings. The van der Waals surface area contributed by atoms with Gasteiger partial charge in [0.2, 0.25) is 0 Å². The summed E-state index contributed by atoms with van der Waals surface area (Å²) in [5.41, 5.74) is 2.30. The molecule has 0 unspecified atom stereocenters. The lowest BCUT2D eigenvalue weighted by atomic mass is 9.79. The van der Waals surface area contributed by atoms with Gasteiger partial charge in [-0.05, 0) is 23.8 Å². The molecule has 0 saturated heterocycles. The lowest BCUT2D eigenvalue weighted by Gasteiger charge is -2.27. The van der Waals surface area contributed by atoms with E-state index in [1.165, 1.54) is 6.07 Å². The average Bonchev–Trinajstić information content (AvgIpc) is 2.85. The number of nitrogens with zero attached hydrogens (tertiary/aromatic N) is 1. The molecular weight excluding hydrogens is 335 g/mol. The summed E-state index contributed by atoms with van der Waals surface area (Å²) in [5, 5.41) is 12.1. The van der Waals surface area contributed by atoms with Gasteiger partial charge in [-0.1, -0.05) is 26.0 Å². The fourth-order valence-corrected chi connectivity index (χ4v) is 3.16. The van der Waals surface area contributed by atoms with Gasteiger partial charge >= 0.3 is 6.18 Å². The minimum Gasteiger partial charge on any atom is -0.375 e. The summed E-state index contributed by atoms with van der Waals surface area (Å²) in [6.07, 6.45) is -3.64. The van der Waals surface area contributed by atoms with E-state index in [9.17, 15) is 18.0 Å². The van der Waals surface area contributed by atoms with Gasteiger partial charge in [-0.25, -0.2) is 5.48 Å². The molecule has 0 aliphatic carbocycles. The van der Waals surface area contributed by atoms with Crippen LogP contribution in [0.3, 0.4) is 0 Å². The van der Waals surface area contributed by atoms with Gasteiger partial charge in [-0.2, -0.15) is 13.2 Å². The SMILES string of the molecule is CC1(C)c2cccc(C(=O)NO)c2N[C@@H]1c1ccc(C(F)(F)F)cn1. The molecule has 3 N–H and O–H groups in total. The van der Waals surface area contributed by atoms with Crippen LogP contribution in [0.25, 0.3) is 0 Å². The molecule has 0 saturated carbocycles. The Labute approximate surface area is 141 Å². The summed E-state index contributed by atoms with van der Waals surface area (Å²) in [6.45, 7) is 3.83. The van der Waals surface area contributed by atoms with Crippen molar-refractivity contribution in [2.75, 3.05) is 5.32 Å². The van der Waals surface area contributed by atoms with Crippen molar-refractivity contribution in [3.63, 3.8) is 0 Å². The fraction of sp³-hybridized carbons (Fsp3) is 0.294. The Morgan fingerprint density at radius 3 is 2.56 bits per heavy atom. The van der Waals surface area contributed by atoms with Gasteiger partial charge < -0.3 is 5.32 Å². The van der Waals surface area contributed by atoms with Gasteiger partial charge in [0, 0.05) is 11.6 Å². The summed E-state index contributed by atoms with van der Waals surface area (Å²) >= 11 is 0. The second kappa shape index (κ2) is 5.73. The first-order chi connectivity index (χ1) is 11.7. The normalized spacial score (nSPS) is 18.4.